The first-order chi connectivity index (χ1) is 15.5. The van der Waals surface area contributed by atoms with Gasteiger partial charge in [0.15, 0.2) is 0 Å². The molecule has 1 aromatic heterocycles. The zero-order chi connectivity index (χ0) is 22.8. The van der Waals surface area contributed by atoms with Crippen LogP contribution in [0.3, 0.4) is 0 Å². The second kappa shape index (κ2) is 12.2. The predicted molar refractivity (Wildman–Crippen MR) is 138 cm³/mol. The molecule has 0 aliphatic heterocycles. The van der Waals surface area contributed by atoms with Crippen LogP contribution < -0.4 is 10.6 Å². The van der Waals surface area contributed by atoms with Crippen molar-refractivity contribution >= 4 is 11.4 Å². The van der Waals surface area contributed by atoms with Gasteiger partial charge in [-0.15, -0.1) is 0 Å². The Labute approximate surface area is 193 Å². The second-order valence-corrected chi connectivity index (χ2v) is 8.73. The van der Waals surface area contributed by atoms with Crippen LogP contribution in [-0.2, 0) is 0 Å². The monoisotopic (exact) mass is 431 g/mol. The fraction of sp³-hybridized carbons (Fsp3) is 0.370. The minimum atomic E-state index is 0.978. The van der Waals surface area contributed by atoms with E-state index in [4.69, 9.17) is 4.98 Å². The highest BCUT2D eigenvalue weighted by Gasteiger charge is 2.04. The number of hydrogen-bond acceptors (Lipinski definition) is 5. The van der Waals surface area contributed by atoms with Crippen molar-refractivity contribution < 1.29 is 0 Å². The highest BCUT2D eigenvalue weighted by molar-refractivity contribution is 5.68. The lowest BCUT2D eigenvalue weighted by atomic mass is 10.1. The molecule has 2 aromatic carbocycles. The Kier molecular flexibility index (Phi) is 9.08. The van der Waals surface area contributed by atoms with Gasteiger partial charge >= 0.3 is 0 Å². The molecular formula is C27H37N5. The van der Waals surface area contributed by atoms with E-state index < -0.39 is 0 Å². The molecule has 0 spiro atoms. The summed E-state index contributed by atoms with van der Waals surface area (Å²) >= 11 is 0. The number of hydrogen-bond donors (Lipinski definition) is 2. The first kappa shape index (κ1) is 23.8. The number of anilines is 2. The quantitative estimate of drug-likeness (QED) is 0.389. The van der Waals surface area contributed by atoms with Gasteiger partial charge in [-0.05, 0) is 90.5 Å². The SMILES string of the molecule is CN(C)CCCNc1ccc(-c2cccc(-c3ccc(NCCCN(C)C)cc3)n2)cc1. The third-order valence-electron chi connectivity index (χ3n) is 5.33. The maximum atomic E-state index is 4.91. The molecule has 0 saturated heterocycles. The molecule has 2 N–H and O–H groups in total. The average Bonchev–Trinajstić information content (AvgIpc) is 2.80. The summed E-state index contributed by atoms with van der Waals surface area (Å²) in [6.07, 6.45) is 2.26. The highest BCUT2D eigenvalue weighted by Crippen LogP contribution is 2.25. The maximum absolute atomic E-state index is 4.91. The summed E-state index contributed by atoms with van der Waals surface area (Å²) in [5.41, 5.74) is 6.55. The summed E-state index contributed by atoms with van der Waals surface area (Å²) in [7, 11) is 8.42. The molecule has 1 heterocycles. The molecule has 0 saturated carbocycles. The number of aromatic nitrogens is 1. The van der Waals surface area contributed by atoms with E-state index in [1.807, 2.05) is 0 Å². The number of nitrogens with zero attached hydrogens (tertiary/aromatic N) is 3. The van der Waals surface area contributed by atoms with Crippen molar-refractivity contribution in [2.75, 3.05) is 65.0 Å². The Balaban J connectivity index is 1.59. The lowest BCUT2D eigenvalue weighted by Gasteiger charge is -2.12. The van der Waals surface area contributed by atoms with E-state index in [1.54, 1.807) is 0 Å². The molecule has 170 valence electrons. The fourth-order valence-corrected chi connectivity index (χ4v) is 3.53. The van der Waals surface area contributed by atoms with Crippen molar-refractivity contribution in [1.82, 2.24) is 14.8 Å². The lowest BCUT2D eigenvalue weighted by Crippen LogP contribution is -2.16. The van der Waals surface area contributed by atoms with Gasteiger partial charge in [-0.2, -0.15) is 0 Å². The van der Waals surface area contributed by atoms with Crippen LogP contribution in [0, 0.1) is 0 Å². The normalized spacial score (nSPS) is 11.2. The van der Waals surface area contributed by atoms with Gasteiger partial charge in [-0.3, -0.25) is 0 Å². The third-order valence-corrected chi connectivity index (χ3v) is 5.33. The Bertz CT molecular complexity index is 858. The van der Waals surface area contributed by atoms with Crippen molar-refractivity contribution in [3.63, 3.8) is 0 Å². The van der Waals surface area contributed by atoms with Gasteiger partial charge < -0.3 is 20.4 Å². The van der Waals surface area contributed by atoms with Crippen LogP contribution in [0.5, 0.6) is 0 Å². The molecule has 32 heavy (non-hydrogen) atoms. The van der Waals surface area contributed by atoms with Gasteiger partial charge in [0.05, 0.1) is 11.4 Å². The first-order valence-electron chi connectivity index (χ1n) is 11.5. The standard InChI is InChI=1S/C27H37N5/c1-31(2)20-6-18-28-24-14-10-22(11-15-24)26-8-5-9-27(30-26)23-12-16-25(17-13-23)29-19-7-21-32(3)4/h5,8-17,28-29H,6-7,18-21H2,1-4H3. The summed E-state index contributed by atoms with van der Waals surface area (Å²) in [4.78, 5) is 9.33. The predicted octanol–water partition coefficient (Wildman–Crippen LogP) is 5.14. The van der Waals surface area contributed by atoms with Crippen LogP contribution in [0.25, 0.3) is 22.5 Å². The molecule has 3 rings (SSSR count). The molecule has 0 unspecified atom stereocenters. The highest BCUT2D eigenvalue weighted by atomic mass is 15.1. The largest absolute Gasteiger partial charge is 0.385 e. The second-order valence-electron chi connectivity index (χ2n) is 8.73. The Morgan fingerprint density at radius 2 is 1.00 bits per heavy atom. The van der Waals surface area contributed by atoms with Crippen LogP contribution in [0.15, 0.2) is 66.7 Å². The summed E-state index contributed by atoms with van der Waals surface area (Å²) in [6.45, 7) is 4.14. The van der Waals surface area contributed by atoms with E-state index >= 15 is 0 Å². The van der Waals surface area contributed by atoms with E-state index in [9.17, 15) is 0 Å². The van der Waals surface area contributed by atoms with Crippen LogP contribution >= 0.6 is 0 Å². The number of nitrogens with one attached hydrogen (secondary N) is 2. The molecular weight excluding hydrogens is 394 g/mol. The zero-order valence-electron chi connectivity index (χ0n) is 19.9. The molecule has 0 radical (unpaired) electrons. The van der Waals surface area contributed by atoms with E-state index in [0.29, 0.717) is 0 Å². The summed E-state index contributed by atoms with van der Waals surface area (Å²) in [5.74, 6) is 0. The zero-order valence-corrected chi connectivity index (χ0v) is 19.9. The van der Waals surface area contributed by atoms with Crippen LogP contribution in [0.1, 0.15) is 12.8 Å². The minimum Gasteiger partial charge on any atom is -0.385 e. The average molecular weight is 432 g/mol. The Morgan fingerprint density at radius 1 is 0.594 bits per heavy atom. The summed E-state index contributed by atoms with van der Waals surface area (Å²) in [5, 5.41) is 6.98. The van der Waals surface area contributed by atoms with Crippen molar-refractivity contribution in [3.05, 3.63) is 66.7 Å². The van der Waals surface area contributed by atoms with Gasteiger partial charge in [0, 0.05) is 35.6 Å². The lowest BCUT2D eigenvalue weighted by molar-refractivity contribution is 0.405. The molecule has 3 aromatic rings. The molecule has 0 aliphatic carbocycles. The van der Waals surface area contributed by atoms with Gasteiger partial charge in [0.25, 0.3) is 0 Å². The van der Waals surface area contributed by atoms with Crippen molar-refractivity contribution in [2.24, 2.45) is 0 Å². The van der Waals surface area contributed by atoms with Gasteiger partial charge in [0.1, 0.15) is 0 Å². The van der Waals surface area contributed by atoms with Crippen LogP contribution in [0.2, 0.25) is 0 Å². The number of rotatable bonds is 12. The maximum Gasteiger partial charge on any atom is 0.0709 e. The van der Waals surface area contributed by atoms with Crippen molar-refractivity contribution in [2.45, 2.75) is 12.8 Å². The van der Waals surface area contributed by atoms with E-state index in [2.05, 4.69) is 115 Å². The summed E-state index contributed by atoms with van der Waals surface area (Å²) < 4.78 is 0. The molecule has 0 aliphatic rings. The van der Waals surface area contributed by atoms with Gasteiger partial charge in [0.2, 0.25) is 0 Å². The number of benzene rings is 2. The minimum absolute atomic E-state index is 0.978. The fourth-order valence-electron chi connectivity index (χ4n) is 3.53. The molecule has 0 bridgehead atoms. The van der Waals surface area contributed by atoms with E-state index in [0.717, 1.165) is 72.9 Å². The van der Waals surface area contributed by atoms with Crippen molar-refractivity contribution in [3.8, 4) is 22.5 Å². The smallest absolute Gasteiger partial charge is 0.0709 e. The summed E-state index contributed by atoms with van der Waals surface area (Å²) in [6, 6.07) is 23.3. The Morgan fingerprint density at radius 3 is 1.38 bits per heavy atom. The molecule has 0 amide bonds. The van der Waals surface area contributed by atoms with Crippen molar-refractivity contribution in [1.29, 1.82) is 0 Å². The molecule has 5 heteroatoms. The van der Waals surface area contributed by atoms with Gasteiger partial charge in [-0.1, -0.05) is 30.3 Å². The molecule has 0 atom stereocenters. The van der Waals surface area contributed by atoms with Crippen LogP contribution in [-0.4, -0.2) is 69.2 Å². The van der Waals surface area contributed by atoms with Crippen LogP contribution in [0.4, 0.5) is 11.4 Å². The first-order valence-corrected chi connectivity index (χ1v) is 11.5. The molecule has 5 nitrogen and oxygen atoms in total. The van der Waals surface area contributed by atoms with E-state index in [-0.39, 0.29) is 0 Å². The van der Waals surface area contributed by atoms with E-state index in [1.165, 1.54) is 0 Å². The topological polar surface area (TPSA) is 43.4 Å². The molecule has 0 fully saturated rings. The Hall–Kier alpha value is -2.89. The van der Waals surface area contributed by atoms with Gasteiger partial charge in [-0.25, -0.2) is 4.98 Å². The number of pyridine rings is 1. The third kappa shape index (κ3) is 7.66.